The summed E-state index contributed by atoms with van der Waals surface area (Å²) in [7, 11) is 0. The minimum atomic E-state index is -0.361. The summed E-state index contributed by atoms with van der Waals surface area (Å²) in [5.41, 5.74) is 1.80. The van der Waals surface area contributed by atoms with Crippen molar-refractivity contribution in [3.63, 3.8) is 0 Å². The second-order valence-electron chi connectivity index (χ2n) is 5.29. The first kappa shape index (κ1) is 17.9. The third-order valence-corrected chi connectivity index (χ3v) is 6.39. The summed E-state index contributed by atoms with van der Waals surface area (Å²) in [6, 6.07) is 6.74. The van der Waals surface area contributed by atoms with Crippen LogP contribution < -0.4 is 0 Å². The molecule has 2 heterocycles. The number of hydrogen-bond donors (Lipinski definition) is 0. The number of nitro benzene ring substituents is 1. The average molecular weight is 395 g/mol. The lowest BCUT2D eigenvalue weighted by Gasteiger charge is -2.07. The van der Waals surface area contributed by atoms with E-state index in [2.05, 4.69) is 10.2 Å². The maximum absolute atomic E-state index is 11.1. The maximum Gasteiger partial charge on any atom is 0.273 e. The van der Waals surface area contributed by atoms with Crippen LogP contribution in [0.1, 0.15) is 18.1 Å². The summed E-state index contributed by atoms with van der Waals surface area (Å²) in [5.74, 6) is 1.18. The number of rotatable bonds is 6. The van der Waals surface area contributed by atoms with Crippen molar-refractivity contribution < 1.29 is 4.92 Å². The van der Waals surface area contributed by atoms with Crippen LogP contribution >= 0.6 is 34.7 Å². The number of aryl methyl sites for hydroxylation is 1. The van der Waals surface area contributed by atoms with Gasteiger partial charge in [-0.1, -0.05) is 41.6 Å². The van der Waals surface area contributed by atoms with Crippen LogP contribution in [0, 0.1) is 17.0 Å². The summed E-state index contributed by atoms with van der Waals surface area (Å²) in [5, 5.41) is 23.1. The summed E-state index contributed by atoms with van der Waals surface area (Å²) in [6.45, 7) is 4.66. The number of para-hydroxylation sites is 1. The second kappa shape index (κ2) is 7.55. The fraction of sp³-hybridized carbons (Fsp3) is 0.250. The van der Waals surface area contributed by atoms with Crippen LogP contribution in [-0.4, -0.2) is 19.7 Å². The van der Waals surface area contributed by atoms with Crippen LogP contribution in [0.4, 0.5) is 5.69 Å². The highest BCUT2D eigenvalue weighted by Gasteiger charge is 2.19. The molecular weight excluding hydrogens is 380 g/mol. The first-order valence-corrected chi connectivity index (χ1v) is 9.79. The van der Waals surface area contributed by atoms with Gasteiger partial charge >= 0.3 is 0 Å². The number of hydrogen-bond acceptors (Lipinski definition) is 6. The Morgan fingerprint density at radius 2 is 2.12 bits per heavy atom. The molecule has 3 rings (SSSR count). The molecule has 9 heteroatoms. The van der Waals surface area contributed by atoms with E-state index in [0.29, 0.717) is 22.9 Å². The van der Waals surface area contributed by atoms with Gasteiger partial charge in [-0.15, -0.1) is 21.5 Å². The van der Waals surface area contributed by atoms with Crippen molar-refractivity contribution in [3.8, 4) is 10.7 Å². The van der Waals surface area contributed by atoms with E-state index in [1.54, 1.807) is 18.2 Å². The van der Waals surface area contributed by atoms with Gasteiger partial charge in [-0.05, 0) is 24.8 Å². The zero-order chi connectivity index (χ0) is 18.0. The smallest absolute Gasteiger partial charge is 0.273 e. The van der Waals surface area contributed by atoms with E-state index in [1.165, 1.54) is 29.2 Å². The van der Waals surface area contributed by atoms with Crippen molar-refractivity contribution in [2.75, 3.05) is 0 Å². The van der Waals surface area contributed by atoms with E-state index in [1.807, 2.05) is 23.8 Å². The van der Waals surface area contributed by atoms with E-state index in [4.69, 9.17) is 11.6 Å². The molecule has 0 aliphatic carbocycles. The quantitative estimate of drug-likeness (QED) is 0.327. The van der Waals surface area contributed by atoms with Gasteiger partial charge in [0.05, 0.1) is 14.8 Å². The number of nitro groups is 1. The Morgan fingerprint density at radius 3 is 2.76 bits per heavy atom. The fourth-order valence-corrected chi connectivity index (χ4v) is 4.65. The Bertz CT molecular complexity index is 923. The van der Waals surface area contributed by atoms with Gasteiger partial charge < -0.3 is 4.57 Å². The molecule has 0 amide bonds. The number of halogens is 1. The molecule has 0 saturated heterocycles. The molecule has 130 valence electrons. The van der Waals surface area contributed by atoms with Crippen molar-refractivity contribution in [1.29, 1.82) is 0 Å². The standard InChI is InChI=1S/C16H15ClN4O2S2/c1-3-20-15(14-13(17)10(2)8-24-14)18-19-16(20)25-9-11-6-4-5-7-12(11)21(22)23/h4-8H,3,9H2,1-2H3. The molecule has 2 aromatic heterocycles. The molecule has 0 unspecified atom stereocenters. The Hall–Kier alpha value is -1.90. The Kier molecular flexibility index (Phi) is 5.41. The SMILES string of the molecule is CCn1c(SCc2ccccc2[N+](=O)[O-])nnc1-c1scc(C)c1Cl. The first-order valence-electron chi connectivity index (χ1n) is 7.55. The van der Waals surface area contributed by atoms with Crippen molar-refractivity contribution >= 4 is 40.4 Å². The van der Waals surface area contributed by atoms with Gasteiger partial charge in [0, 0.05) is 23.9 Å². The van der Waals surface area contributed by atoms with Gasteiger partial charge in [0.2, 0.25) is 0 Å². The molecule has 1 aromatic carbocycles. The van der Waals surface area contributed by atoms with Crippen molar-refractivity contribution in [1.82, 2.24) is 14.8 Å². The Labute approximate surface area is 158 Å². The van der Waals surface area contributed by atoms with E-state index in [-0.39, 0.29) is 10.6 Å². The largest absolute Gasteiger partial charge is 0.302 e. The molecule has 0 aliphatic heterocycles. The van der Waals surface area contributed by atoms with Gasteiger partial charge in [-0.25, -0.2) is 0 Å². The molecule has 0 aliphatic rings. The molecule has 0 spiro atoms. The lowest BCUT2D eigenvalue weighted by molar-refractivity contribution is -0.385. The highest BCUT2D eigenvalue weighted by atomic mass is 35.5. The number of thiophene rings is 1. The molecule has 3 aromatic rings. The predicted molar refractivity (Wildman–Crippen MR) is 101 cm³/mol. The maximum atomic E-state index is 11.1. The van der Waals surface area contributed by atoms with Crippen LogP contribution in [-0.2, 0) is 12.3 Å². The minimum Gasteiger partial charge on any atom is -0.302 e. The monoisotopic (exact) mass is 394 g/mol. The number of benzene rings is 1. The number of aromatic nitrogens is 3. The van der Waals surface area contributed by atoms with Gasteiger partial charge in [0.25, 0.3) is 5.69 Å². The van der Waals surface area contributed by atoms with Gasteiger partial charge in [0.1, 0.15) is 0 Å². The molecule has 0 radical (unpaired) electrons. The topological polar surface area (TPSA) is 73.8 Å². The minimum absolute atomic E-state index is 0.120. The van der Waals surface area contributed by atoms with Crippen LogP contribution in [0.15, 0.2) is 34.8 Å². The third kappa shape index (κ3) is 3.56. The Balaban J connectivity index is 1.88. The summed E-state index contributed by atoms with van der Waals surface area (Å²) in [6.07, 6.45) is 0. The van der Waals surface area contributed by atoms with Gasteiger partial charge in [-0.2, -0.15) is 0 Å². The van der Waals surface area contributed by atoms with Crippen LogP contribution in [0.25, 0.3) is 10.7 Å². The normalized spacial score (nSPS) is 11.0. The van der Waals surface area contributed by atoms with Crippen molar-refractivity contribution in [2.24, 2.45) is 0 Å². The number of nitrogens with zero attached hydrogens (tertiary/aromatic N) is 4. The molecule has 25 heavy (non-hydrogen) atoms. The molecule has 6 nitrogen and oxygen atoms in total. The van der Waals surface area contributed by atoms with Crippen molar-refractivity contribution in [3.05, 3.63) is 55.9 Å². The summed E-state index contributed by atoms with van der Waals surface area (Å²) < 4.78 is 1.98. The van der Waals surface area contributed by atoms with E-state index >= 15 is 0 Å². The highest BCUT2D eigenvalue weighted by molar-refractivity contribution is 7.98. The van der Waals surface area contributed by atoms with Crippen LogP contribution in [0.2, 0.25) is 5.02 Å². The van der Waals surface area contributed by atoms with Crippen molar-refractivity contribution in [2.45, 2.75) is 31.3 Å². The average Bonchev–Trinajstić information content (AvgIpc) is 3.16. The molecule has 0 N–H and O–H groups in total. The third-order valence-electron chi connectivity index (χ3n) is 3.68. The van der Waals surface area contributed by atoms with Gasteiger partial charge in [0.15, 0.2) is 11.0 Å². The van der Waals surface area contributed by atoms with E-state index in [0.717, 1.165) is 21.4 Å². The predicted octanol–water partition coefficient (Wildman–Crippen LogP) is 5.19. The number of thioether (sulfide) groups is 1. The van der Waals surface area contributed by atoms with E-state index in [9.17, 15) is 10.1 Å². The van der Waals surface area contributed by atoms with Gasteiger partial charge in [-0.3, -0.25) is 10.1 Å². The lowest BCUT2D eigenvalue weighted by atomic mass is 10.2. The summed E-state index contributed by atoms with van der Waals surface area (Å²) in [4.78, 5) is 11.7. The molecule has 0 bridgehead atoms. The molecule has 0 atom stereocenters. The van der Waals surface area contributed by atoms with Crippen LogP contribution in [0.3, 0.4) is 0 Å². The second-order valence-corrected chi connectivity index (χ2v) is 7.49. The zero-order valence-corrected chi connectivity index (χ0v) is 16.0. The molecule has 0 fully saturated rings. The zero-order valence-electron chi connectivity index (χ0n) is 13.6. The Morgan fingerprint density at radius 1 is 1.36 bits per heavy atom. The van der Waals surface area contributed by atoms with E-state index < -0.39 is 0 Å². The fourth-order valence-electron chi connectivity index (χ4n) is 2.38. The lowest BCUT2D eigenvalue weighted by Crippen LogP contribution is -2.00. The molecular formula is C16H15ClN4O2S2. The first-order chi connectivity index (χ1) is 12.0. The summed E-state index contributed by atoms with van der Waals surface area (Å²) >= 11 is 9.33. The molecule has 0 saturated carbocycles. The highest BCUT2D eigenvalue weighted by Crippen LogP contribution is 2.37. The van der Waals surface area contributed by atoms with Crippen LogP contribution in [0.5, 0.6) is 0 Å².